The highest BCUT2D eigenvalue weighted by atomic mass is 16.1. The number of fused-ring (bicyclic) bond motifs is 1. The molecule has 3 aromatic rings. The molecule has 1 aliphatic rings. The maximum Gasteiger partial charge on any atom is 0.201 e. The van der Waals surface area contributed by atoms with Crippen molar-refractivity contribution in [3.05, 3.63) is 66.0 Å². The van der Waals surface area contributed by atoms with E-state index in [9.17, 15) is 4.79 Å². The van der Waals surface area contributed by atoms with Gasteiger partial charge in [-0.15, -0.1) is 0 Å². The summed E-state index contributed by atoms with van der Waals surface area (Å²) in [6.07, 6.45) is 2.75. The summed E-state index contributed by atoms with van der Waals surface area (Å²) < 4.78 is 2.13. The number of imidazole rings is 1. The molecule has 4 heteroatoms. The maximum absolute atomic E-state index is 13.2. The molecule has 0 atom stereocenters. The van der Waals surface area contributed by atoms with Crippen LogP contribution in [0.25, 0.3) is 11.0 Å². The molecule has 1 aromatic heterocycles. The molecule has 0 radical (unpaired) electrons. The van der Waals surface area contributed by atoms with E-state index in [0.29, 0.717) is 5.82 Å². The number of nitrogens with zero attached hydrogens (tertiary/aromatic N) is 3. The first kappa shape index (κ1) is 17.0. The molecule has 0 bridgehead atoms. The topological polar surface area (TPSA) is 38.1 Å². The Morgan fingerprint density at radius 3 is 2.50 bits per heavy atom. The van der Waals surface area contributed by atoms with Gasteiger partial charge in [0.2, 0.25) is 5.78 Å². The van der Waals surface area contributed by atoms with E-state index in [0.717, 1.165) is 49.9 Å². The van der Waals surface area contributed by atoms with Crippen molar-refractivity contribution in [2.24, 2.45) is 5.92 Å². The SMILES string of the molecule is CN1CCC(C(=O)c2nc3ccccc3n2CCc2ccccc2)CC1. The fraction of sp³-hybridized carbons (Fsp3) is 0.364. The van der Waals surface area contributed by atoms with Crippen LogP contribution >= 0.6 is 0 Å². The molecule has 4 rings (SSSR count). The van der Waals surface area contributed by atoms with E-state index in [2.05, 4.69) is 46.8 Å². The van der Waals surface area contributed by atoms with Crippen LogP contribution in [0.3, 0.4) is 0 Å². The molecule has 4 nitrogen and oxygen atoms in total. The smallest absolute Gasteiger partial charge is 0.201 e. The van der Waals surface area contributed by atoms with Crippen LogP contribution in [0.1, 0.15) is 29.0 Å². The van der Waals surface area contributed by atoms with Crippen LogP contribution in [-0.4, -0.2) is 40.4 Å². The lowest BCUT2D eigenvalue weighted by molar-refractivity contribution is 0.0842. The summed E-state index contributed by atoms with van der Waals surface area (Å²) in [5.74, 6) is 0.942. The Bertz CT molecular complexity index is 892. The zero-order valence-electron chi connectivity index (χ0n) is 15.3. The number of aromatic nitrogens is 2. The number of aryl methyl sites for hydroxylation is 2. The molecule has 1 saturated heterocycles. The van der Waals surface area contributed by atoms with E-state index in [4.69, 9.17) is 4.98 Å². The van der Waals surface area contributed by atoms with Crippen molar-refractivity contribution in [1.82, 2.24) is 14.5 Å². The largest absolute Gasteiger partial charge is 0.321 e. The van der Waals surface area contributed by atoms with Crippen LogP contribution in [0.5, 0.6) is 0 Å². The molecule has 1 fully saturated rings. The molecule has 0 N–H and O–H groups in total. The van der Waals surface area contributed by atoms with Crippen molar-refractivity contribution < 1.29 is 4.79 Å². The number of hydrogen-bond acceptors (Lipinski definition) is 3. The number of likely N-dealkylation sites (tertiary alicyclic amines) is 1. The molecule has 0 saturated carbocycles. The number of Topliss-reactive ketones (excluding diaryl/α,β-unsaturated/α-hetero) is 1. The minimum atomic E-state index is 0.0958. The van der Waals surface area contributed by atoms with Crippen molar-refractivity contribution in [1.29, 1.82) is 0 Å². The van der Waals surface area contributed by atoms with Gasteiger partial charge in [0.25, 0.3) is 0 Å². The highest BCUT2D eigenvalue weighted by Gasteiger charge is 2.28. The van der Waals surface area contributed by atoms with Gasteiger partial charge in [0.05, 0.1) is 11.0 Å². The molecule has 0 aliphatic carbocycles. The predicted octanol–water partition coefficient (Wildman–Crippen LogP) is 3.80. The van der Waals surface area contributed by atoms with E-state index < -0.39 is 0 Å². The monoisotopic (exact) mass is 347 g/mol. The van der Waals surface area contributed by atoms with Crippen LogP contribution in [0.2, 0.25) is 0 Å². The zero-order chi connectivity index (χ0) is 17.9. The summed E-state index contributed by atoms with van der Waals surface area (Å²) in [4.78, 5) is 20.2. The van der Waals surface area contributed by atoms with Crippen LogP contribution in [0.4, 0.5) is 0 Å². The Kier molecular flexibility index (Phi) is 4.85. The van der Waals surface area contributed by atoms with Crippen molar-refractivity contribution in [3.63, 3.8) is 0 Å². The maximum atomic E-state index is 13.2. The van der Waals surface area contributed by atoms with Crippen molar-refractivity contribution >= 4 is 16.8 Å². The first-order chi connectivity index (χ1) is 12.7. The highest BCUT2D eigenvalue weighted by molar-refractivity contribution is 5.98. The van der Waals surface area contributed by atoms with Gasteiger partial charge >= 0.3 is 0 Å². The van der Waals surface area contributed by atoms with Gasteiger partial charge in [-0.1, -0.05) is 42.5 Å². The van der Waals surface area contributed by atoms with Gasteiger partial charge < -0.3 is 9.47 Å². The number of rotatable bonds is 5. The zero-order valence-corrected chi connectivity index (χ0v) is 15.3. The van der Waals surface area contributed by atoms with E-state index in [1.165, 1.54) is 5.56 Å². The Morgan fingerprint density at radius 2 is 1.73 bits per heavy atom. The van der Waals surface area contributed by atoms with Gasteiger partial charge in [-0.2, -0.15) is 0 Å². The number of piperidine rings is 1. The van der Waals surface area contributed by atoms with E-state index in [1.807, 2.05) is 24.3 Å². The molecule has 0 unspecified atom stereocenters. The second-order valence-corrected chi connectivity index (χ2v) is 7.25. The first-order valence-electron chi connectivity index (χ1n) is 9.44. The van der Waals surface area contributed by atoms with E-state index >= 15 is 0 Å². The predicted molar refractivity (Wildman–Crippen MR) is 104 cm³/mol. The van der Waals surface area contributed by atoms with Gasteiger partial charge in [-0.25, -0.2) is 4.98 Å². The van der Waals surface area contributed by atoms with Gasteiger partial charge in [0, 0.05) is 12.5 Å². The minimum absolute atomic E-state index is 0.0958. The third kappa shape index (κ3) is 3.42. The summed E-state index contributed by atoms with van der Waals surface area (Å²) in [6, 6.07) is 18.5. The van der Waals surface area contributed by atoms with Gasteiger partial charge in [-0.05, 0) is 57.1 Å². The van der Waals surface area contributed by atoms with Crippen LogP contribution in [-0.2, 0) is 13.0 Å². The lowest BCUT2D eigenvalue weighted by Crippen LogP contribution is -2.34. The van der Waals surface area contributed by atoms with Crippen LogP contribution in [0, 0.1) is 5.92 Å². The van der Waals surface area contributed by atoms with Gasteiger partial charge in [0.15, 0.2) is 5.82 Å². The summed E-state index contributed by atoms with van der Waals surface area (Å²) >= 11 is 0. The second kappa shape index (κ2) is 7.42. The summed E-state index contributed by atoms with van der Waals surface area (Å²) in [7, 11) is 2.12. The quantitative estimate of drug-likeness (QED) is 0.659. The Morgan fingerprint density at radius 1 is 1.04 bits per heavy atom. The number of benzene rings is 2. The summed E-state index contributed by atoms with van der Waals surface area (Å²) in [5, 5.41) is 0. The molecule has 2 aromatic carbocycles. The highest BCUT2D eigenvalue weighted by Crippen LogP contribution is 2.24. The molecule has 26 heavy (non-hydrogen) atoms. The number of hydrogen-bond donors (Lipinski definition) is 0. The average molecular weight is 347 g/mol. The van der Waals surface area contributed by atoms with Crippen LogP contribution in [0.15, 0.2) is 54.6 Å². The lowest BCUT2D eigenvalue weighted by atomic mass is 9.92. The van der Waals surface area contributed by atoms with E-state index in [1.54, 1.807) is 0 Å². The van der Waals surface area contributed by atoms with Gasteiger partial charge in [0.1, 0.15) is 0 Å². The van der Waals surface area contributed by atoms with Crippen LogP contribution < -0.4 is 0 Å². The van der Waals surface area contributed by atoms with Crippen molar-refractivity contribution in [2.45, 2.75) is 25.8 Å². The molecule has 1 aliphatic heterocycles. The number of para-hydroxylation sites is 2. The molecular weight excluding hydrogens is 322 g/mol. The number of carbonyl (C=O) groups is 1. The summed E-state index contributed by atoms with van der Waals surface area (Å²) in [6.45, 7) is 2.75. The third-order valence-corrected chi connectivity index (χ3v) is 5.43. The molecule has 0 amide bonds. The fourth-order valence-electron chi connectivity index (χ4n) is 3.83. The number of carbonyl (C=O) groups excluding carboxylic acids is 1. The second-order valence-electron chi connectivity index (χ2n) is 7.25. The fourth-order valence-corrected chi connectivity index (χ4v) is 3.83. The Balaban J connectivity index is 1.64. The molecular formula is C22H25N3O. The molecule has 0 spiro atoms. The normalized spacial score (nSPS) is 16.2. The standard InChI is InChI=1S/C22H25N3O/c1-24-14-12-18(13-15-24)21(26)22-23-19-9-5-6-10-20(19)25(22)16-11-17-7-3-2-4-8-17/h2-10,18H,11-16H2,1H3. The van der Waals surface area contributed by atoms with Crippen molar-refractivity contribution in [3.8, 4) is 0 Å². The van der Waals surface area contributed by atoms with E-state index in [-0.39, 0.29) is 11.7 Å². The van der Waals surface area contributed by atoms with Gasteiger partial charge in [-0.3, -0.25) is 4.79 Å². The number of ketones is 1. The lowest BCUT2D eigenvalue weighted by Gasteiger charge is -2.27. The first-order valence-corrected chi connectivity index (χ1v) is 9.44. The Labute approximate surface area is 154 Å². The third-order valence-electron chi connectivity index (χ3n) is 5.43. The summed E-state index contributed by atoms with van der Waals surface area (Å²) in [5.41, 5.74) is 3.25. The average Bonchev–Trinajstić information content (AvgIpc) is 3.06. The molecule has 134 valence electrons. The van der Waals surface area contributed by atoms with Crippen molar-refractivity contribution in [2.75, 3.05) is 20.1 Å². The Hall–Kier alpha value is -2.46. The minimum Gasteiger partial charge on any atom is -0.321 e. The molecule has 2 heterocycles.